The minimum Gasteiger partial charge on any atom is -0.379 e. The molecular weight excluding hydrogens is 438 g/mol. The van der Waals surface area contributed by atoms with E-state index in [1.165, 1.54) is 0 Å². The predicted molar refractivity (Wildman–Crippen MR) is 130 cm³/mol. The van der Waals surface area contributed by atoms with Gasteiger partial charge in [-0.3, -0.25) is 9.88 Å². The largest absolute Gasteiger partial charge is 0.379 e. The standard InChI is InChI=1S/C23H25N7O2S/c31-23-27-21(25-18-6-7-19-20(14-18)33-16-24-19)26-22(28-23)30(15-17-4-2-1-3-5-17)9-8-29-10-12-32-13-11-29/h1-7,14,16H,8-13,15H2,(H2,25,26,27,28,31). The van der Waals surface area contributed by atoms with E-state index in [0.29, 0.717) is 25.0 Å². The van der Waals surface area contributed by atoms with E-state index in [-0.39, 0.29) is 0 Å². The molecule has 2 aromatic heterocycles. The Hall–Kier alpha value is -3.34. The highest BCUT2D eigenvalue weighted by Gasteiger charge is 2.17. The zero-order valence-corrected chi connectivity index (χ0v) is 18.9. The molecular formula is C23H25N7O2S. The van der Waals surface area contributed by atoms with Crippen molar-refractivity contribution in [3.63, 3.8) is 0 Å². The van der Waals surface area contributed by atoms with Gasteiger partial charge in [0.2, 0.25) is 11.9 Å². The van der Waals surface area contributed by atoms with Crippen molar-refractivity contribution in [3.05, 3.63) is 70.1 Å². The van der Waals surface area contributed by atoms with Gasteiger partial charge in [-0.2, -0.15) is 9.97 Å². The van der Waals surface area contributed by atoms with Crippen molar-refractivity contribution < 1.29 is 4.74 Å². The molecule has 2 N–H and O–H groups in total. The van der Waals surface area contributed by atoms with Crippen LogP contribution in [0.4, 0.5) is 17.6 Å². The molecule has 0 unspecified atom stereocenters. The molecule has 0 radical (unpaired) electrons. The summed E-state index contributed by atoms with van der Waals surface area (Å²) in [6, 6.07) is 16.0. The number of anilines is 3. The average molecular weight is 464 g/mol. The van der Waals surface area contributed by atoms with E-state index in [1.54, 1.807) is 11.3 Å². The summed E-state index contributed by atoms with van der Waals surface area (Å²) in [6.45, 7) is 5.46. The monoisotopic (exact) mass is 463 g/mol. The molecule has 0 amide bonds. The normalized spacial score (nSPS) is 14.4. The molecule has 1 fully saturated rings. The van der Waals surface area contributed by atoms with Gasteiger partial charge in [-0.15, -0.1) is 11.3 Å². The van der Waals surface area contributed by atoms with E-state index in [2.05, 4.69) is 47.2 Å². The van der Waals surface area contributed by atoms with Crippen molar-refractivity contribution >= 4 is 39.1 Å². The van der Waals surface area contributed by atoms with Crippen molar-refractivity contribution in [2.24, 2.45) is 0 Å². The number of aromatic nitrogens is 4. The molecule has 1 saturated heterocycles. The molecule has 1 aliphatic heterocycles. The van der Waals surface area contributed by atoms with Gasteiger partial charge in [0.25, 0.3) is 0 Å². The molecule has 0 bridgehead atoms. The molecule has 0 spiro atoms. The molecule has 10 heteroatoms. The fourth-order valence-electron chi connectivity index (χ4n) is 3.78. The van der Waals surface area contributed by atoms with Crippen molar-refractivity contribution in [1.82, 2.24) is 24.8 Å². The molecule has 0 atom stereocenters. The van der Waals surface area contributed by atoms with Crippen LogP contribution >= 0.6 is 11.3 Å². The van der Waals surface area contributed by atoms with E-state index in [4.69, 9.17) is 4.74 Å². The minimum atomic E-state index is -0.439. The first-order valence-electron chi connectivity index (χ1n) is 10.9. The number of H-pyrrole nitrogens is 1. The maximum Gasteiger partial charge on any atom is 0.351 e. The summed E-state index contributed by atoms with van der Waals surface area (Å²) in [5, 5.41) is 3.21. The van der Waals surface area contributed by atoms with Gasteiger partial charge < -0.3 is 15.0 Å². The maximum atomic E-state index is 12.4. The van der Waals surface area contributed by atoms with Crippen molar-refractivity contribution in [2.75, 3.05) is 49.6 Å². The number of nitrogens with zero attached hydrogens (tertiary/aromatic N) is 5. The number of rotatable bonds is 8. The Morgan fingerprint density at radius 3 is 2.82 bits per heavy atom. The number of ether oxygens (including phenoxy) is 1. The topological polar surface area (TPSA) is 99.3 Å². The van der Waals surface area contributed by atoms with Crippen LogP contribution in [-0.4, -0.2) is 64.2 Å². The second-order valence-electron chi connectivity index (χ2n) is 7.82. The molecule has 3 heterocycles. The van der Waals surface area contributed by atoms with Gasteiger partial charge in [-0.1, -0.05) is 30.3 Å². The molecule has 2 aromatic carbocycles. The van der Waals surface area contributed by atoms with Gasteiger partial charge in [-0.05, 0) is 23.8 Å². The first-order valence-corrected chi connectivity index (χ1v) is 11.8. The highest BCUT2D eigenvalue weighted by atomic mass is 32.1. The highest BCUT2D eigenvalue weighted by molar-refractivity contribution is 7.16. The first-order chi connectivity index (χ1) is 16.2. The summed E-state index contributed by atoms with van der Waals surface area (Å²) in [5.41, 5.74) is 4.28. The maximum absolute atomic E-state index is 12.4. The van der Waals surface area contributed by atoms with Gasteiger partial charge in [0.05, 0.1) is 28.9 Å². The predicted octanol–water partition coefficient (Wildman–Crippen LogP) is 2.86. The first kappa shape index (κ1) is 21.5. The van der Waals surface area contributed by atoms with Crippen molar-refractivity contribution in [1.29, 1.82) is 0 Å². The molecule has 4 aromatic rings. The van der Waals surface area contributed by atoms with E-state index in [9.17, 15) is 4.79 Å². The summed E-state index contributed by atoms with van der Waals surface area (Å²) < 4.78 is 6.52. The second-order valence-corrected chi connectivity index (χ2v) is 8.71. The van der Waals surface area contributed by atoms with Crippen LogP contribution in [0.3, 0.4) is 0 Å². The van der Waals surface area contributed by atoms with E-state index in [0.717, 1.165) is 54.3 Å². The molecule has 0 saturated carbocycles. The van der Waals surface area contributed by atoms with Gasteiger partial charge in [0.1, 0.15) is 0 Å². The average Bonchev–Trinajstić information content (AvgIpc) is 3.31. The Labute approximate surface area is 195 Å². The molecule has 0 aliphatic carbocycles. The lowest BCUT2D eigenvalue weighted by atomic mass is 10.2. The van der Waals surface area contributed by atoms with Crippen LogP contribution in [0.2, 0.25) is 0 Å². The van der Waals surface area contributed by atoms with Gasteiger partial charge >= 0.3 is 5.69 Å². The SMILES string of the molecule is O=c1nc(N(CCN2CCOCC2)Cc2ccccc2)nc(Nc2ccc3ncsc3c2)[nH]1. The number of aromatic amines is 1. The van der Waals surface area contributed by atoms with Crippen LogP contribution in [0.25, 0.3) is 10.2 Å². The Morgan fingerprint density at radius 1 is 1.12 bits per heavy atom. The zero-order valence-electron chi connectivity index (χ0n) is 18.1. The Kier molecular flexibility index (Phi) is 6.56. The molecule has 170 valence electrons. The molecule has 33 heavy (non-hydrogen) atoms. The number of hydrogen-bond acceptors (Lipinski definition) is 9. The quantitative estimate of drug-likeness (QED) is 0.412. The lowest BCUT2D eigenvalue weighted by Gasteiger charge is -2.30. The van der Waals surface area contributed by atoms with E-state index >= 15 is 0 Å². The smallest absolute Gasteiger partial charge is 0.351 e. The summed E-state index contributed by atoms with van der Waals surface area (Å²) >= 11 is 1.57. The van der Waals surface area contributed by atoms with Crippen molar-refractivity contribution in [3.8, 4) is 0 Å². The number of benzene rings is 2. The Bertz CT molecular complexity index is 1250. The number of hydrogen-bond donors (Lipinski definition) is 2. The highest BCUT2D eigenvalue weighted by Crippen LogP contribution is 2.23. The van der Waals surface area contributed by atoms with E-state index < -0.39 is 5.69 Å². The minimum absolute atomic E-state index is 0.360. The van der Waals surface area contributed by atoms with Crippen LogP contribution in [0.15, 0.2) is 58.8 Å². The molecule has 9 nitrogen and oxygen atoms in total. The third-order valence-corrected chi connectivity index (χ3v) is 6.31. The summed E-state index contributed by atoms with van der Waals surface area (Å²) in [4.78, 5) is 32.7. The number of thiazole rings is 1. The zero-order chi connectivity index (χ0) is 22.5. The van der Waals surface area contributed by atoms with Gasteiger partial charge in [0, 0.05) is 38.4 Å². The van der Waals surface area contributed by atoms with Crippen LogP contribution in [-0.2, 0) is 11.3 Å². The third-order valence-electron chi connectivity index (χ3n) is 5.52. The van der Waals surface area contributed by atoms with Crippen LogP contribution < -0.4 is 15.9 Å². The third kappa shape index (κ3) is 5.54. The van der Waals surface area contributed by atoms with Crippen LogP contribution in [0.1, 0.15) is 5.56 Å². The lowest BCUT2D eigenvalue weighted by molar-refractivity contribution is 0.0391. The summed E-state index contributed by atoms with van der Waals surface area (Å²) in [7, 11) is 0. The van der Waals surface area contributed by atoms with Gasteiger partial charge in [-0.25, -0.2) is 9.78 Å². The summed E-state index contributed by atoms with van der Waals surface area (Å²) in [6.07, 6.45) is 0. The van der Waals surface area contributed by atoms with E-state index in [1.807, 2.05) is 41.9 Å². The van der Waals surface area contributed by atoms with Gasteiger partial charge in [0.15, 0.2) is 0 Å². The Morgan fingerprint density at radius 2 is 1.97 bits per heavy atom. The fraction of sp³-hybridized carbons (Fsp3) is 0.304. The molecule has 5 rings (SSSR count). The molecule has 1 aliphatic rings. The van der Waals surface area contributed by atoms with Crippen LogP contribution in [0.5, 0.6) is 0 Å². The number of nitrogens with one attached hydrogen (secondary N) is 2. The lowest BCUT2D eigenvalue weighted by Crippen LogP contribution is -2.42. The fourth-order valence-corrected chi connectivity index (χ4v) is 4.50. The number of morpholine rings is 1. The van der Waals surface area contributed by atoms with Crippen LogP contribution in [0, 0.1) is 0 Å². The number of fused-ring (bicyclic) bond motifs is 1. The second kappa shape index (κ2) is 10.1. The Balaban J connectivity index is 1.39. The summed E-state index contributed by atoms with van der Waals surface area (Å²) in [5.74, 6) is 0.760. The van der Waals surface area contributed by atoms with Crippen molar-refractivity contribution in [2.45, 2.75) is 6.54 Å².